The number of hydrogen-bond acceptors (Lipinski definition) is 7. The Kier molecular flexibility index (Phi) is 5.37. The Hall–Kier alpha value is -3.46. The maximum atomic E-state index is 12.5. The molecule has 3 aromatic heterocycles. The van der Waals surface area contributed by atoms with Crippen LogP contribution in [-0.2, 0) is 4.74 Å². The van der Waals surface area contributed by atoms with Crippen molar-refractivity contribution < 1.29 is 19.4 Å². The van der Waals surface area contributed by atoms with Gasteiger partial charge in [0.25, 0.3) is 5.91 Å². The van der Waals surface area contributed by atoms with Crippen LogP contribution in [0.3, 0.4) is 0 Å². The average Bonchev–Trinajstić information content (AvgIpc) is 3.43. The summed E-state index contributed by atoms with van der Waals surface area (Å²) < 4.78 is 11.6. The number of ether oxygens (including phenoxy) is 2. The minimum absolute atomic E-state index is 0.0653. The van der Waals surface area contributed by atoms with Crippen LogP contribution in [-0.4, -0.2) is 57.1 Å². The molecule has 30 heavy (non-hydrogen) atoms. The summed E-state index contributed by atoms with van der Waals surface area (Å²) in [5.74, 6) is 0.602. The second kappa shape index (κ2) is 8.11. The predicted octanol–water partition coefficient (Wildman–Crippen LogP) is 2.34. The molecule has 3 aromatic rings. The third kappa shape index (κ3) is 3.97. The summed E-state index contributed by atoms with van der Waals surface area (Å²) in [6, 6.07) is 6.77. The molecule has 1 saturated carbocycles. The average molecular weight is 409 g/mol. The Morgan fingerprint density at radius 1 is 1.23 bits per heavy atom. The lowest BCUT2D eigenvalue weighted by atomic mass is 10.1. The van der Waals surface area contributed by atoms with Gasteiger partial charge in [-0.3, -0.25) is 4.79 Å². The minimum Gasteiger partial charge on any atom is -0.493 e. The number of pyridine rings is 2. The molecule has 0 saturated heterocycles. The summed E-state index contributed by atoms with van der Waals surface area (Å²) in [5.41, 5.74) is 1.53. The van der Waals surface area contributed by atoms with Crippen LogP contribution in [0.2, 0.25) is 0 Å². The predicted molar refractivity (Wildman–Crippen MR) is 109 cm³/mol. The quantitative estimate of drug-likeness (QED) is 0.587. The van der Waals surface area contributed by atoms with Gasteiger partial charge in [0.1, 0.15) is 0 Å². The Labute approximate surface area is 173 Å². The monoisotopic (exact) mass is 409 g/mol. The number of nitrogens with one attached hydrogen (secondary N) is 1. The van der Waals surface area contributed by atoms with Gasteiger partial charge in [0, 0.05) is 37.7 Å². The molecule has 1 aliphatic rings. The van der Waals surface area contributed by atoms with Crippen molar-refractivity contribution in [2.45, 2.75) is 24.8 Å². The van der Waals surface area contributed by atoms with E-state index < -0.39 is 0 Å². The van der Waals surface area contributed by atoms with Crippen molar-refractivity contribution in [3.8, 4) is 28.7 Å². The van der Waals surface area contributed by atoms with Gasteiger partial charge >= 0.3 is 0 Å². The van der Waals surface area contributed by atoms with E-state index in [1.54, 1.807) is 43.8 Å². The molecule has 1 aliphatic carbocycles. The Bertz CT molecular complexity index is 1040. The molecule has 4 rings (SSSR count). The van der Waals surface area contributed by atoms with E-state index >= 15 is 0 Å². The molecule has 0 aliphatic heterocycles. The maximum absolute atomic E-state index is 12.5. The molecule has 9 heteroatoms. The Morgan fingerprint density at radius 3 is 2.73 bits per heavy atom. The van der Waals surface area contributed by atoms with E-state index in [1.807, 2.05) is 0 Å². The molecule has 2 N–H and O–H groups in total. The molecule has 156 valence electrons. The molecular formula is C21H23N5O4. The molecule has 0 atom stereocenters. The van der Waals surface area contributed by atoms with Gasteiger partial charge in [0.05, 0.1) is 24.4 Å². The van der Waals surface area contributed by atoms with E-state index in [2.05, 4.69) is 20.4 Å². The fourth-order valence-electron chi connectivity index (χ4n) is 3.25. The zero-order valence-electron chi connectivity index (χ0n) is 16.8. The number of rotatable bonds is 8. The lowest BCUT2D eigenvalue weighted by Gasteiger charge is -2.16. The fraction of sp³-hybridized carbons (Fsp3) is 0.333. The molecule has 0 spiro atoms. The van der Waals surface area contributed by atoms with Gasteiger partial charge in [0.15, 0.2) is 5.82 Å². The first-order valence-electron chi connectivity index (χ1n) is 9.60. The lowest BCUT2D eigenvalue weighted by Crippen LogP contribution is -2.37. The van der Waals surface area contributed by atoms with E-state index in [0.29, 0.717) is 35.0 Å². The van der Waals surface area contributed by atoms with Gasteiger partial charge < -0.3 is 19.9 Å². The van der Waals surface area contributed by atoms with Crippen LogP contribution in [0.4, 0.5) is 0 Å². The van der Waals surface area contributed by atoms with E-state index in [1.165, 1.54) is 18.0 Å². The van der Waals surface area contributed by atoms with Gasteiger partial charge in [-0.1, -0.05) is 0 Å². The number of aromatic nitrogens is 4. The van der Waals surface area contributed by atoms with Crippen LogP contribution in [0.15, 0.2) is 42.9 Å². The second-order valence-electron chi connectivity index (χ2n) is 7.26. The highest BCUT2D eigenvalue weighted by atomic mass is 16.5. The number of nitrogens with zero attached hydrogens (tertiary/aromatic N) is 4. The normalized spacial score (nSPS) is 14.3. The highest BCUT2D eigenvalue weighted by molar-refractivity contribution is 5.94. The Balaban J connectivity index is 1.51. The van der Waals surface area contributed by atoms with Crippen molar-refractivity contribution in [3.63, 3.8) is 0 Å². The van der Waals surface area contributed by atoms with Gasteiger partial charge in [-0.05, 0) is 43.0 Å². The number of carbonyl (C=O) groups is 1. The summed E-state index contributed by atoms with van der Waals surface area (Å²) in [6.07, 6.45) is 7.32. The molecule has 1 fully saturated rings. The molecule has 3 heterocycles. The number of hydrogen-bond donors (Lipinski definition) is 2. The SMILES string of the molecule is COCCC1(NC(=O)c2ccc(-n3ncc(-c4ccnc(OC)c4)c3O)nc2)CC1. The summed E-state index contributed by atoms with van der Waals surface area (Å²) in [5, 5.41) is 17.9. The summed E-state index contributed by atoms with van der Waals surface area (Å²) >= 11 is 0. The first kappa shape index (κ1) is 19.8. The molecule has 0 aromatic carbocycles. The standard InChI is InChI=1S/C21H23N5O4/c1-29-10-8-21(6-7-21)25-19(27)15-3-4-17(23-12-15)26-20(28)16(13-24-26)14-5-9-22-18(11-14)30-2/h3-5,9,11-13,28H,6-8,10H2,1-2H3,(H,25,27). The molecule has 0 unspecified atom stereocenters. The van der Waals surface area contributed by atoms with Crippen molar-refractivity contribution in [3.05, 3.63) is 48.4 Å². The van der Waals surface area contributed by atoms with Gasteiger partial charge in [0.2, 0.25) is 11.8 Å². The number of aromatic hydroxyl groups is 1. The van der Waals surface area contributed by atoms with E-state index in [9.17, 15) is 9.90 Å². The number of carbonyl (C=O) groups excluding carboxylic acids is 1. The van der Waals surface area contributed by atoms with Gasteiger partial charge in [-0.2, -0.15) is 9.78 Å². The molecular weight excluding hydrogens is 386 g/mol. The zero-order valence-corrected chi connectivity index (χ0v) is 16.8. The van der Waals surface area contributed by atoms with Crippen molar-refractivity contribution >= 4 is 5.91 Å². The van der Waals surface area contributed by atoms with Crippen LogP contribution in [0.25, 0.3) is 16.9 Å². The largest absolute Gasteiger partial charge is 0.493 e. The van der Waals surface area contributed by atoms with Crippen molar-refractivity contribution in [1.82, 2.24) is 25.1 Å². The van der Waals surface area contributed by atoms with Crippen LogP contribution in [0.1, 0.15) is 29.6 Å². The number of amides is 1. The molecule has 1 amide bonds. The molecule has 9 nitrogen and oxygen atoms in total. The van der Waals surface area contributed by atoms with Crippen LogP contribution < -0.4 is 10.1 Å². The smallest absolute Gasteiger partial charge is 0.253 e. The van der Waals surface area contributed by atoms with Crippen LogP contribution >= 0.6 is 0 Å². The minimum atomic E-state index is -0.170. The summed E-state index contributed by atoms with van der Waals surface area (Å²) in [7, 11) is 3.18. The molecule has 0 bridgehead atoms. The van der Waals surface area contributed by atoms with Crippen molar-refractivity contribution in [2.75, 3.05) is 20.8 Å². The van der Waals surface area contributed by atoms with Gasteiger partial charge in [-0.25, -0.2) is 9.97 Å². The highest BCUT2D eigenvalue weighted by Crippen LogP contribution is 2.39. The third-order valence-electron chi connectivity index (χ3n) is 5.24. The van der Waals surface area contributed by atoms with Crippen LogP contribution in [0.5, 0.6) is 11.8 Å². The van der Waals surface area contributed by atoms with Gasteiger partial charge in [-0.15, -0.1) is 0 Å². The van der Waals surface area contributed by atoms with E-state index in [-0.39, 0.29) is 17.3 Å². The Morgan fingerprint density at radius 2 is 2.07 bits per heavy atom. The summed E-state index contributed by atoms with van der Waals surface area (Å²) in [4.78, 5) is 20.9. The lowest BCUT2D eigenvalue weighted by molar-refractivity contribution is 0.0916. The zero-order chi connectivity index (χ0) is 21.1. The summed E-state index contributed by atoms with van der Waals surface area (Å²) in [6.45, 7) is 0.613. The van der Waals surface area contributed by atoms with E-state index in [0.717, 1.165) is 19.3 Å². The number of methoxy groups -OCH3 is 2. The van der Waals surface area contributed by atoms with Crippen LogP contribution in [0, 0.1) is 0 Å². The van der Waals surface area contributed by atoms with E-state index in [4.69, 9.17) is 9.47 Å². The topological polar surface area (TPSA) is 111 Å². The van der Waals surface area contributed by atoms with Crippen molar-refractivity contribution in [2.24, 2.45) is 0 Å². The van der Waals surface area contributed by atoms with Crippen molar-refractivity contribution in [1.29, 1.82) is 0 Å². The maximum Gasteiger partial charge on any atom is 0.253 e. The molecule has 0 radical (unpaired) electrons. The second-order valence-corrected chi connectivity index (χ2v) is 7.26. The first-order chi connectivity index (χ1) is 14.5. The fourth-order valence-corrected chi connectivity index (χ4v) is 3.25. The highest BCUT2D eigenvalue weighted by Gasteiger charge is 2.43. The first-order valence-corrected chi connectivity index (χ1v) is 9.60. The third-order valence-corrected chi connectivity index (χ3v) is 5.24.